The second-order valence-electron chi connectivity index (χ2n) is 6.43. The molecule has 0 saturated heterocycles. The van der Waals surface area contributed by atoms with Gasteiger partial charge in [-0.15, -0.1) is 0 Å². The molecule has 2 nitrogen and oxygen atoms in total. The summed E-state index contributed by atoms with van der Waals surface area (Å²) in [6.07, 6.45) is 8.31. The monoisotopic (exact) mass is 241 g/mol. The second kappa shape index (κ2) is 6.75. The van der Waals surface area contributed by atoms with Crippen LogP contribution in [0.15, 0.2) is 0 Å². The predicted octanol–water partition coefficient (Wildman–Crippen LogP) is 3.34. The maximum Gasteiger partial charge on any atom is 0.0766 e. The van der Waals surface area contributed by atoms with E-state index in [0.717, 1.165) is 5.92 Å². The molecule has 0 radical (unpaired) electrons. The normalized spacial score (nSPS) is 24.4. The lowest BCUT2D eigenvalue weighted by atomic mass is 9.89. The molecule has 0 aromatic rings. The number of hydrogen-bond donors (Lipinski definition) is 2. The Kier molecular flexibility index (Phi) is 5.94. The highest BCUT2D eigenvalue weighted by atomic mass is 16.3. The third kappa shape index (κ3) is 4.97. The predicted molar refractivity (Wildman–Crippen MR) is 74.1 cm³/mol. The Labute approximate surface area is 107 Å². The van der Waals surface area contributed by atoms with Gasteiger partial charge in [0.15, 0.2) is 0 Å². The highest BCUT2D eigenvalue weighted by molar-refractivity contribution is 4.82. The maximum absolute atomic E-state index is 10.2. The van der Waals surface area contributed by atoms with Crippen LogP contribution in [0.3, 0.4) is 0 Å². The summed E-state index contributed by atoms with van der Waals surface area (Å²) in [6, 6.07) is 0.540. The Bertz CT molecular complexity index is 205. The summed E-state index contributed by atoms with van der Waals surface area (Å²) in [4.78, 5) is 0. The van der Waals surface area contributed by atoms with E-state index in [1.807, 2.05) is 6.92 Å². The van der Waals surface area contributed by atoms with Gasteiger partial charge in [-0.1, -0.05) is 39.5 Å². The summed E-state index contributed by atoms with van der Waals surface area (Å²) < 4.78 is 0. The molecule has 17 heavy (non-hydrogen) atoms. The Balaban J connectivity index is 2.35. The van der Waals surface area contributed by atoms with E-state index < -0.39 is 5.60 Å². The van der Waals surface area contributed by atoms with Crippen molar-refractivity contribution in [2.75, 3.05) is 6.54 Å². The van der Waals surface area contributed by atoms with Crippen LogP contribution in [0.25, 0.3) is 0 Å². The van der Waals surface area contributed by atoms with Crippen molar-refractivity contribution < 1.29 is 5.11 Å². The zero-order valence-electron chi connectivity index (χ0n) is 12.1. The van der Waals surface area contributed by atoms with Gasteiger partial charge in [0, 0.05) is 12.6 Å². The van der Waals surface area contributed by atoms with Gasteiger partial charge in [0.2, 0.25) is 0 Å². The van der Waals surface area contributed by atoms with Crippen LogP contribution < -0.4 is 5.32 Å². The molecule has 0 bridgehead atoms. The molecule has 1 unspecified atom stereocenters. The van der Waals surface area contributed by atoms with Crippen LogP contribution in [0.4, 0.5) is 0 Å². The smallest absolute Gasteiger partial charge is 0.0766 e. The third-order valence-electron chi connectivity index (χ3n) is 4.63. The van der Waals surface area contributed by atoms with Gasteiger partial charge in [0.25, 0.3) is 0 Å². The first-order chi connectivity index (χ1) is 7.93. The molecule has 0 amide bonds. The summed E-state index contributed by atoms with van der Waals surface area (Å²) in [5, 5.41) is 13.8. The molecule has 1 rings (SSSR count). The van der Waals surface area contributed by atoms with E-state index >= 15 is 0 Å². The van der Waals surface area contributed by atoms with Crippen LogP contribution >= 0.6 is 0 Å². The van der Waals surface area contributed by atoms with Crippen molar-refractivity contribution in [2.45, 2.75) is 77.9 Å². The third-order valence-corrected chi connectivity index (χ3v) is 4.63. The summed E-state index contributed by atoms with van der Waals surface area (Å²) in [7, 11) is 0. The molecule has 0 spiro atoms. The number of aliphatic hydroxyl groups is 1. The fourth-order valence-corrected chi connectivity index (χ4v) is 2.55. The molecule has 2 heteroatoms. The minimum atomic E-state index is -0.584. The molecule has 1 saturated carbocycles. The molecular formula is C15H31NO. The highest BCUT2D eigenvalue weighted by Gasteiger charge is 2.26. The van der Waals surface area contributed by atoms with Gasteiger partial charge < -0.3 is 10.4 Å². The molecule has 0 aliphatic heterocycles. The van der Waals surface area contributed by atoms with Crippen LogP contribution in [0.2, 0.25) is 0 Å². The van der Waals surface area contributed by atoms with E-state index in [1.54, 1.807) is 0 Å². The first-order valence-electron chi connectivity index (χ1n) is 7.39. The Morgan fingerprint density at radius 2 is 1.65 bits per heavy atom. The fraction of sp³-hybridized carbons (Fsp3) is 1.00. The van der Waals surface area contributed by atoms with Crippen LogP contribution in [-0.4, -0.2) is 23.3 Å². The van der Waals surface area contributed by atoms with E-state index in [9.17, 15) is 5.11 Å². The molecule has 1 aliphatic rings. The van der Waals surface area contributed by atoms with Gasteiger partial charge in [-0.2, -0.15) is 0 Å². The minimum Gasteiger partial charge on any atom is -0.389 e. The highest BCUT2D eigenvalue weighted by Crippen LogP contribution is 2.26. The lowest BCUT2D eigenvalue weighted by Gasteiger charge is -2.32. The Morgan fingerprint density at radius 1 is 1.12 bits per heavy atom. The molecule has 2 N–H and O–H groups in total. The number of rotatable bonds is 5. The summed E-state index contributed by atoms with van der Waals surface area (Å²) in [5.41, 5.74) is -0.584. The number of hydrogen-bond acceptors (Lipinski definition) is 2. The molecule has 1 fully saturated rings. The molecular weight excluding hydrogens is 210 g/mol. The van der Waals surface area contributed by atoms with Crippen LogP contribution in [-0.2, 0) is 0 Å². The number of nitrogens with one attached hydrogen (secondary N) is 1. The standard InChI is InChI=1S/C15H31NO/c1-12(2)15(4,17)11-16-13(3)14-9-7-5-6-8-10-14/h12-14,16-17H,5-11H2,1-4H3/t13-,15?/m0/s1. The molecule has 102 valence electrons. The van der Waals surface area contributed by atoms with Crippen molar-refractivity contribution in [1.29, 1.82) is 0 Å². The molecule has 2 atom stereocenters. The van der Waals surface area contributed by atoms with Crippen molar-refractivity contribution in [3.05, 3.63) is 0 Å². The van der Waals surface area contributed by atoms with E-state index in [1.165, 1.54) is 38.5 Å². The van der Waals surface area contributed by atoms with Crippen LogP contribution in [0, 0.1) is 11.8 Å². The average molecular weight is 241 g/mol. The van der Waals surface area contributed by atoms with Gasteiger partial charge >= 0.3 is 0 Å². The average Bonchev–Trinajstić information content (AvgIpc) is 2.54. The minimum absolute atomic E-state index is 0.302. The Hall–Kier alpha value is -0.0800. The zero-order valence-corrected chi connectivity index (χ0v) is 12.1. The zero-order chi connectivity index (χ0) is 12.9. The lowest BCUT2D eigenvalue weighted by molar-refractivity contribution is 0.0103. The fourth-order valence-electron chi connectivity index (χ4n) is 2.55. The quantitative estimate of drug-likeness (QED) is 0.724. The summed E-state index contributed by atoms with van der Waals surface area (Å²) in [5.74, 6) is 1.11. The first kappa shape index (κ1) is 15.0. The van der Waals surface area contributed by atoms with Crippen LogP contribution in [0.5, 0.6) is 0 Å². The van der Waals surface area contributed by atoms with Crippen LogP contribution in [0.1, 0.15) is 66.2 Å². The van der Waals surface area contributed by atoms with E-state index in [0.29, 0.717) is 18.5 Å². The van der Waals surface area contributed by atoms with Gasteiger partial charge in [0.1, 0.15) is 0 Å². The van der Waals surface area contributed by atoms with Crippen molar-refractivity contribution >= 4 is 0 Å². The Morgan fingerprint density at radius 3 is 2.12 bits per heavy atom. The van der Waals surface area contributed by atoms with Gasteiger partial charge in [-0.05, 0) is 38.5 Å². The van der Waals surface area contributed by atoms with E-state index in [-0.39, 0.29) is 0 Å². The first-order valence-corrected chi connectivity index (χ1v) is 7.39. The summed E-state index contributed by atoms with van der Waals surface area (Å²) >= 11 is 0. The van der Waals surface area contributed by atoms with Crippen molar-refractivity contribution in [3.63, 3.8) is 0 Å². The van der Waals surface area contributed by atoms with E-state index in [2.05, 4.69) is 26.1 Å². The second-order valence-corrected chi connectivity index (χ2v) is 6.43. The molecule has 0 aromatic carbocycles. The topological polar surface area (TPSA) is 32.3 Å². The molecule has 1 aliphatic carbocycles. The van der Waals surface area contributed by atoms with Crippen molar-refractivity contribution in [2.24, 2.45) is 11.8 Å². The van der Waals surface area contributed by atoms with E-state index in [4.69, 9.17) is 0 Å². The molecule has 0 heterocycles. The van der Waals surface area contributed by atoms with Gasteiger partial charge in [-0.25, -0.2) is 0 Å². The van der Waals surface area contributed by atoms with Crippen molar-refractivity contribution in [3.8, 4) is 0 Å². The van der Waals surface area contributed by atoms with Gasteiger partial charge in [-0.3, -0.25) is 0 Å². The largest absolute Gasteiger partial charge is 0.389 e. The lowest BCUT2D eigenvalue weighted by Crippen LogP contribution is -2.46. The maximum atomic E-state index is 10.2. The van der Waals surface area contributed by atoms with Gasteiger partial charge in [0.05, 0.1) is 5.60 Å². The van der Waals surface area contributed by atoms with Crippen molar-refractivity contribution in [1.82, 2.24) is 5.32 Å². The molecule has 0 aromatic heterocycles. The SMILES string of the molecule is CC(C)C(C)(O)CN[C@@H](C)C1CCCCCC1. The summed E-state index contributed by atoms with van der Waals surface area (Å²) in [6.45, 7) is 9.09.